The molecule has 23 heavy (non-hydrogen) atoms. The van der Waals surface area contributed by atoms with Gasteiger partial charge in [0.15, 0.2) is 15.7 Å². The first-order valence-electron chi connectivity index (χ1n) is 7.45. The van der Waals surface area contributed by atoms with Crippen LogP contribution in [0.25, 0.3) is 0 Å². The molecule has 0 aliphatic carbocycles. The molecular weight excluding hydrogens is 314 g/mol. The molecule has 7 heteroatoms. The van der Waals surface area contributed by atoms with Crippen molar-refractivity contribution in [3.63, 3.8) is 0 Å². The molecule has 2 aromatic rings. The zero-order valence-corrected chi connectivity index (χ0v) is 14.5. The van der Waals surface area contributed by atoms with Crippen LogP contribution in [-0.2, 0) is 9.84 Å². The summed E-state index contributed by atoms with van der Waals surface area (Å²) in [4.78, 5) is 12.4. The van der Waals surface area contributed by atoms with Crippen LogP contribution >= 0.6 is 0 Å². The van der Waals surface area contributed by atoms with Gasteiger partial charge in [0.05, 0.1) is 10.6 Å². The third kappa shape index (κ3) is 3.79. The van der Waals surface area contributed by atoms with Crippen molar-refractivity contribution in [2.45, 2.75) is 38.6 Å². The van der Waals surface area contributed by atoms with Gasteiger partial charge in [0, 0.05) is 23.4 Å². The van der Waals surface area contributed by atoms with Crippen LogP contribution in [0.5, 0.6) is 0 Å². The highest BCUT2D eigenvalue weighted by Crippen LogP contribution is 2.16. The number of aromatic nitrogens is 2. The smallest absolute Gasteiger partial charge is 0.256 e. The monoisotopic (exact) mass is 335 g/mol. The van der Waals surface area contributed by atoms with Gasteiger partial charge < -0.3 is 5.32 Å². The lowest BCUT2D eigenvalue weighted by atomic mass is 10.2. The number of nitrogens with zero attached hydrogens (tertiary/aromatic N) is 2. The Hall–Kier alpha value is -2.15. The number of carbonyl (C=O) groups is 1. The maximum atomic E-state index is 12.2. The molecule has 0 spiro atoms. The summed E-state index contributed by atoms with van der Waals surface area (Å²) >= 11 is 0. The maximum Gasteiger partial charge on any atom is 0.256 e. The van der Waals surface area contributed by atoms with E-state index in [1.807, 2.05) is 25.5 Å². The van der Waals surface area contributed by atoms with Crippen LogP contribution < -0.4 is 5.32 Å². The van der Waals surface area contributed by atoms with Gasteiger partial charge in [-0.3, -0.25) is 9.48 Å². The zero-order valence-electron chi connectivity index (χ0n) is 13.7. The van der Waals surface area contributed by atoms with Gasteiger partial charge in [0.25, 0.3) is 5.91 Å². The third-order valence-electron chi connectivity index (χ3n) is 3.51. The molecule has 0 fully saturated rings. The summed E-state index contributed by atoms with van der Waals surface area (Å²) in [5.41, 5.74) is 1.34. The first-order chi connectivity index (χ1) is 10.7. The Morgan fingerprint density at radius 1 is 1.26 bits per heavy atom. The Morgan fingerprint density at radius 3 is 2.35 bits per heavy atom. The van der Waals surface area contributed by atoms with E-state index >= 15 is 0 Å². The Morgan fingerprint density at radius 2 is 1.87 bits per heavy atom. The van der Waals surface area contributed by atoms with Gasteiger partial charge in [-0.1, -0.05) is 6.92 Å². The van der Waals surface area contributed by atoms with Crippen molar-refractivity contribution in [3.8, 4) is 0 Å². The minimum atomic E-state index is -3.26. The van der Waals surface area contributed by atoms with Gasteiger partial charge in [0.2, 0.25) is 0 Å². The fourth-order valence-electron chi connectivity index (χ4n) is 2.24. The maximum absolute atomic E-state index is 12.2. The summed E-state index contributed by atoms with van der Waals surface area (Å²) in [5, 5.41) is 7.06. The summed E-state index contributed by atoms with van der Waals surface area (Å²) in [6.07, 6.45) is 0. The molecule has 0 atom stereocenters. The summed E-state index contributed by atoms with van der Waals surface area (Å²) in [5.74, 6) is 0.190. The Balaban J connectivity index is 2.17. The molecule has 1 heterocycles. The van der Waals surface area contributed by atoms with Gasteiger partial charge in [-0.25, -0.2) is 8.42 Å². The molecule has 1 aromatic carbocycles. The molecule has 0 aliphatic heterocycles. The minimum absolute atomic E-state index is 0.0322. The number of carbonyl (C=O) groups excluding carboxylic acids is 1. The Kier molecular flexibility index (Phi) is 4.89. The van der Waals surface area contributed by atoms with Crippen LogP contribution in [0.15, 0.2) is 35.2 Å². The molecule has 1 N–H and O–H groups in total. The fraction of sp³-hybridized carbons (Fsp3) is 0.375. The second kappa shape index (κ2) is 6.54. The molecule has 0 unspecified atom stereocenters. The van der Waals surface area contributed by atoms with Crippen molar-refractivity contribution in [3.05, 3.63) is 41.6 Å². The van der Waals surface area contributed by atoms with E-state index in [9.17, 15) is 13.2 Å². The van der Waals surface area contributed by atoms with Crippen molar-refractivity contribution >= 4 is 21.6 Å². The normalized spacial score (nSPS) is 11.7. The van der Waals surface area contributed by atoms with Gasteiger partial charge in [-0.2, -0.15) is 5.10 Å². The molecule has 1 aromatic heterocycles. The van der Waals surface area contributed by atoms with E-state index in [4.69, 9.17) is 0 Å². The quantitative estimate of drug-likeness (QED) is 0.911. The Bertz CT molecular complexity index is 806. The number of anilines is 1. The second-order valence-corrected chi connectivity index (χ2v) is 7.87. The van der Waals surface area contributed by atoms with E-state index in [0.717, 1.165) is 5.69 Å². The van der Waals surface area contributed by atoms with E-state index in [1.54, 1.807) is 13.0 Å². The number of sulfone groups is 1. The van der Waals surface area contributed by atoms with Crippen LogP contribution in [0.3, 0.4) is 0 Å². The highest BCUT2D eigenvalue weighted by molar-refractivity contribution is 7.91. The molecule has 0 bridgehead atoms. The van der Waals surface area contributed by atoms with Crippen LogP contribution in [0, 0.1) is 6.92 Å². The summed E-state index contributed by atoms with van der Waals surface area (Å²) in [6, 6.07) is 7.92. The number of benzene rings is 1. The van der Waals surface area contributed by atoms with Crippen molar-refractivity contribution in [1.29, 1.82) is 0 Å². The predicted molar refractivity (Wildman–Crippen MR) is 89.5 cm³/mol. The van der Waals surface area contributed by atoms with Crippen molar-refractivity contribution < 1.29 is 13.2 Å². The van der Waals surface area contributed by atoms with E-state index < -0.39 is 9.84 Å². The van der Waals surface area contributed by atoms with Crippen molar-refractivity contribution in [2.24, 2.45) is 0 Å². The molecule has 0 aliphatic rings. The molecule has 2 rings (SSSR count). The molecule has 124 valence electrons. The van der Waals surface area contributed by atoms with Gasteiger partial charge in [0.1, 0.15) is 0 Å². The summed E-state index contributed by atoms with van der Waals surface area (Å²) in [7, 11) is -3.26. The lowest BCUT2D eigenvalue weighted by molar-refractivity contribution is 0.102. The standard InChI is InChI=1S/C16H21N3O3S/c1-5-23(21,22)14-8-6-13(7-9-14)16(20)17-15-10-12(4)19(18-15)11(2)3/h6-11H,5H2,1-4H3,(H,17,18,20). The van der Waals surface area contributed by atoms with E-state index in [1.165, 1.54) is 24.3 Å². The SMILES string of the molecule is CCS(=O)(=O)c1ccc(C(=O)Nc2cc(C)n(C(C)C)n2)cc1. The predicted octanol–water partition coefficient (Wildman–Crippen LogP) is 2.82. The molecule has 0 saturated carbocycles. The minimum Gasteiger partial charge on any atom is -0.305 e. The molecule has 0 saturated heterocycles. The first kappa shape index (κ1) is 17.2. The van der Waals surface area contributed by atoms with Crippen molar-refractivity contribution in [2.75, 3.05) is 11.1 Å². The van der Waals surface area contributed by atoms with Crippen LogP contribution in [0.1, 0.15) is 42.9 Å². The average Bonchev–Trinajstić information content (AvgIpc) is 2.88. The van der Waals surface area contributed by atoms with Crippen LogP contribution in [0.4, 0.5) is 5.82 Å². The first-order valence-corrected chi connectivity index (χ1v) is 9.10. The number of rotatable bonds is 5. The highest BCUT2D eigenvalue weighted by atomic mass is 32.2. The topological polar surface area (TPSA) is 81.1 Å². The van der Waals surface area contributed by atoms with Crippen molar-refractivity contribution in [1.82, 2.24) is 9.78 Å². The number of hydrogen-bond acceptors (Lipinski definition) is 4. The van der Waals surface area contributed by atoms with E-state index in [0.29, 0.717) is 11.4 Å². The van der Waals surface area contributed by atoms with Gasteiger partial charge in [-0.05, 0) is 45.0 Å². The second-order valence-electron chi connectivity index (χ2n) is 5.59. The average molecular weight is 335 g/mol. The highest BCUT2D eigenvalue weighted by Gasteiger charge is 2.14. The Labute approximate surface area is 136 Å². The summed E-state index contributed by atoms with van der Waals surface area (Å²) < 4.78 is 25.4. The summed E-state index contributed by atoms with van der Waals surface area (Å²) in [6.45, 7) is 7.54. The number of nitrogens with one attached hydrogen (secondary N) is 1. The van der Waals surface area contributed by atoms with E-state index in [-0.39, 0.29) is 22.6 Å². The van der Waals surface area contributed by atoms with Gasteiger partial charge in [-0.15, -0.1) is 0 Å². The largest absolute Gasteiger partial charge is 0.305 e. The fourth-order valence-corrected chi connectivity index (χ4v) is 3.12. The van der Waals surface area contributed by atoms with Crippen LogP contribution in [0.2, 0.25) is 0 Å². The van der Waals surface area contributed by atoms with Crippen LogP contribution in [-0.4, -0.2) is 29.9 Å². The molecule has 0 radical (unpaired) electrons. The zero-order chi connectivity index (χ0) is 17.2. The van der Waals surface area contributed by atoms with Gasteiger partial charge >= 0.3 is 0 Å². The third-order valence-corrected chi connectivity index (χ3v) is 5.26. The molecule has 6 nitrogen and oxygen atoms in total. The molecular formula is C16H21N3O3S. The number of hydrogen-bond donors (Lipinski definition) is 1. The molecule has 1 amide bonds. The van der Waals surface area contributed by atoms with E-state index in [2.05, 4.69) is 10.4 Å². The number of aryl methyl sites for hydroxylation is 1. The lowest BCUT2D eigenvalue weighted by Crippen LogP contribution is -2.13. The lowest BCUT2D eigenvalue weighted by Gasteiger charge is -2.07. The number of amides is 1.